The fourth-order valence-corrected chi connectivity index (χ4v) is 7.90. The first-order valence-electron chi connectivity index (χ1n) is 24.7. The number of likely N-dealkylation sites (tertiary alicyclic amines) is 1. The van der Waals surface area contributed by atoms with Crippen molar-refractivity contribution in [3.05, 3.63) is 59.2 Å². The van der Waals surface area contributed by atoms with E-state index < -0.39 is 12.1 Å². The Bertz CT molecular complexity index is 1320. The van der Waals surface area contributed by atoms with Gasteiger partial charge in [0.2, 0.25) is 0 Å². The minimum absolute atomic E-state index is 0.0136. The van der Waals surface area contributed by atoms with E-state index in [4.69, 9.17) is 23.7 Å². The Kier molecular flexibility index (Phi) is 33.1. The van der Waals surface area contributed by atoms with E-state index >= 15 is 0 Å². The Morgan fingerprint density at radius 3 is 1.80 bits per heavy atom. The second-order valence-corrected chi connectivity index (χ2v) is 17.3. The van der Waals surface area contributed by atoms with Gasteiger partial charge >= 0.3 is 18.1 Å². The summed E-state index contributed by atoms with van der Waals surface area (Å²) in [6.45, 7) is 12.7. The zero-order valence-corrected chi connectivity index (χ0v) is 39.2. The average Bonchev–Trinajstić information content (AvgIpc) is 3.27. The molecular formula is C52H87NO8. The van der Waals surface area contributed by atoms with Gasteiger partial charge in [0.15, 0.2) is 0 Å². The van der Waals surface area contributed by atoms with Crippen molar-refractivity contribution in [3.8, 4) is 0 Å². The van der Waals surface area contributed by atoms with Gasteiger partial charge in [0.1, 0.15) is 26.4 Å². The lowest BCUT2D eigenvalue weighted by Crippen LogP contribution is -2.37. The van der Waals surface area contributed by atoms with Crippen LogP contribution in [-0.2, 0) is 53.1 Å². The molecule has 1 aromatic rings. The molecule has 0 N–H and O–H groups in total. The lowest BCUT2D eigenvalue weighted by atomic mass is 9.95. The Balaban J connectivity index is 1.84. The second-order valence-electron chi connectivity index (χ2n) is 17.3. The Morgan fingerprint density at radius 1 is 0.639 bits per heavy atom. The molecule has 1 aromatic carbocycles. The van der Waals surface area contributed by atoms with E-state index in [0.29, 0.717) is 42.6 Å². The second kappa shape index (κ2) is 37.4. The van der Waals surface area contributed by atoms with Crippen LogP contribution in [0.1, 0.15) is 198 Å². The van der Waals surface area contributed by atoms with Crippen molar-refractivity contribution in [2.24, 2.45) is 11.8 Å². The molecule has 0 aromatic heterocycles. The summed E-state index contributed by atoms with van der Waals surface area (Å²) in [7, 11) is 0. The smallest absolute Gasteiger partial charge is 0.461 e. The van der Waals surface area contributed by atoms with Crippen LogP contribution in [0.2, 0.25) is 0 Å². The number of carbonyl (C=O) groups is 3. The average molecular weight is 854 g/mol. The van der Waals surface area contributed by atoms with E-state index in [0.717, 1.165) is 89.4 Å². The van der Waals surface area contributed by atoms with E-state index in [1.54, 1.807) is 0 Å². The molecule has 1 unspecified atom stereocenters. The number of benzene rings is 1. The number of esters is 2. The van der Waals surface area contributed by atoms with Gasteiger partial charge < -0.3 is 28.6 Å². The van der Waals surface area contributed by atoms with Crippen molar-refractivity contribution in [2.45, 2.75) is 202 Å². The van der Waals surface area contributed by atoms with E-state index in [2.05, 4.69) is 56.9 Å². The number of hydrogen-bond donors (Lipinski definition) is 0. The van der Waals surface area contributed by atoms with Gasteiger partial charge in [-0.15, -0.1) is 0 Å². The minimum atomic E-state index is -0.706. The Labute approximate surface area is 372 Å². The topological polar surface area (TPSA) is 101 Å². The fourth-order valence-electron chi connectivity index (χ4n) is 7.90. The lowest BCUT2D eigenvalue weighted by molar-refractivity contribution is -0.150. The largest absolute Gasteiger partial charge is 0.508 e. The first-order valence-corrected chi connectivity index (χ1v) is 24.7. The highest BCUT2D eigenvalue weighted by Crippen LogP contribution is 2.21. The number of piperidine rings is 1. The van der Waals surface area contributed by atoms with Gasteiger partial charge in [-0.3, -0.25) is 4.79 Å². The highest BCUT2D eigenvalue weighted by atomic mass is 16.7. The van der Waals surface area contributed by atoms with Crippen molar-refractivity contribution in [1.29, 1.82) is 0 Å². The highest BCUT2D eigenvalue weighted by molar-refractivity contribution is 5.70. The molecule has 61 heavy (non-hydrogen) atoms. The third kappa shape index (κ3) is 29.7. The molecule has 0 radical (unpaired) electrons. The Morgan fingerprint density at radius 2 is 1.18 bits per heavy atom. The van der Waals surface area contributed by atoms with Crippen LogP contribution < -0.4 is 0 Å². The van der Waals surface area contributed by atoms with Gasteiger partial charge in [0, 0.05) is 18.9 Å². The standard InChI is InChI=1S/C52H87NO8/c1-5-9-12-15-16-17-18-19-20-21-22-23-24-25-28-33-50(54)58-41-47-35-48(37-49(36-47)43-61-52(56)60-40-46-32-29-34-53(8-4)38-46)42-59-51(55)44-57-39-45(30-26-13-10-6-2)31-27-14-11-7-3/h16-17,19-20,35-37,45-46H,5-15,18,21-34,38-44H2,1-4H3/b17-16-,20-19-. The summed E-state index contributed by atoms with van der Waals surface area (Å²) in [6, 6.07) is 5.57. The van der Waals surface area contributed by atoms with Gasteiger partial charge in [0.25, 0.3) is 0 Å². The van der Waals surface area contributed by atoms with Gasteiger partial charge in [-0.2, -0.15) is 0 Å². The number of hydrogen-bond acceptors (Lipinski definition) is 9. The molecule has 1 atom stereocenters. The predicted octanol–water partition coefficient (Wildman–Crippen LogP) is 13.5. The summed E-state index contributed by atoms with van der Waals surface area (Å²) in [4.78, 5) is 40.5. The van der Waals surface area contributed by atoms with Crippen LogP contribution in [0.15, 0.2) is 42.5 Å². The van der Waals surface area contributed by atoms with E-state index in [1.165, 1.54) is 83.5 Å². The van der Waals surface area contributed by atoms with Crippen molar-refractivity contribution >= 4 is 18.1 Å². The van der Waals surface area contributed by atoms with Gasteiger partial charge in [-0.05, 0) is 118 Å². The summed E-state index contributed by atoms with van der Waals surface area (Å²) in [5.74, 6) is 0.103. The lowest BCUT2D eigenvalue weighted by Gasteiger charge is -2.31. The van der Waals surface area contributed by atoms with Crippen LogP contribution in [0.3, 0.4) is 0 Å². The number of ether oxygens (including phenoxy) is 5. The molecule has 0 amide bonds. The third-order valence-electron chi connectivity index (χ3n) is 11.6. The van der Waals surface area contributed by atoms with Gasteiger partial charge in [-0.25, -0.2) is 9.59 Å². The van der Waals surface area contributed by atoms with Crippen molar-refractivity contribution in [1.82, 2.24) is 4.90 Å². The van der Waals surface area contributed by atoms with Crippen LogP contribution in [0.25, 0.3) is 0 Å². The van der Waals surface area contributed by atoms with Crippen LogP contribution in [-0.4, -0.2) is 62.4 Å². The van der Waals surface area contributed by atoms with Crippen LogP contribution in [0.5, 0.6) is 0 Å². The molecule has 1 fully saturated rings. The molecule has 1 saturated heterocycles. The summed E-state index contributed by atoms with van der Waals surface area (Å²) in [5.41, 5.74) is 2.15. The number of rotatable bonds is 37. The van der Waals surface area contributed by atoms with Crippen molar-refractivity contribution in [3.63, 3.8) is 0 Å². The molecule has 1 aliphatic heterocycles. The molecule has 1 heterocycles. The zero-order valence-electron chi connectivity index (χ0n) is 39.2. The van der Waals surface area contributed by atoms with Gasteiger partial charge in [0.05, 0.1) is 13.2 Å². The van der Waals surface area contributed by atoms with E-state index in [9.17, 15) is 14.4 Å². The predicted molar refractivity (Wildman–Crippen MR) is 248 cm³/mol. The molecule has 0 saturated carbocycles. The van der Waals surface area contributed by atoms with Crippen LogP contribution >= 0.6 is 0 Å². The SMILES string of the molecule is CCCCC/C=C\C/C=C\CCCCCCCC(=O)OCc1cc(COC(=O)COCC(CCCCCC)CCCCCC)cc(COC(=O)OCC2CCCN(CC)C2)c1. The summed E-state index contributed by atoms with van der Waals surface area (Å²) in [6.07, 6.45) is 35.4. The highest BCUT2D eigenvalue weighted by Gasteiger charge is 2.21. The molecule has 0 aliphatic carbocycles. The molecule has 9 heteroatoms. The number of nitrogens with zero attached hydrogens (tertiary/aromatic N) is 1. The maximum atomic E-state index is 12.8. The number of unbranched alkanes of at least 4 members (excludes halogenated alkanes) is 14. The first-order chi connectivity index (χ1) is 29.9. The maximum absolute atomic E-state index is 12.8. The van der Waals surface area contributed by atoms with Crippen LogP contribution in [0, 0.1) is 11.8 Å². The van der Waals surface area contributed by atoms with E-state index in [-0.39, 0.29) is 32.4 Å². The maximum Gasteiger partial charge on any atom is 0.508 e. The van der Waals surface area contributed by atoms with Crippen LogP contribution in [0.4, 0.5) is 4.79 Å². The third-order valence-corrected chi connectivity index (χ3v) is 11.6. The summed E-state index contributed by atoms with van der Waals surface area (Å²) in [5, 5.41) is 0. The normalized spacial score (nSPS) is 14.6. The first kappa shape index (κ1) is 54.0. The number of allylic oxidation sites excluding steroid dienone is 4. The molecule has 0 bridgehead atoms. The minimum Gasteiger partial charge on any atom is -0.461 e. The molecule has 348 valence electrons. The van der Waals surface area contributed by atoms with Gasteiger partial charge in [-0.1, -0.05) is 135 Å². The molecule has 1 aliphatic rings. The quantitative estimate of drug-likeness (QED) is 0.0280. The monoisotopic (exact) mass is 854 g/mol. The zero-order chi connectivity index (χ0) is 44.0. The molecule has 2 rings (SSSR count). The molecule has 9 nitrogen and oxygen atoms in total. The van der Waals surface area contributed by atoms with Crippen molar-refractivity contribution < 1.29 is 38.1 Å². The van der Waals surface area contributed by atoms with Crippen molar-refractivity contribution in [2.75, 3.05) is 39.5 Å². The fraction of sp³-hybridized carbons (Fsp3) is 0.750. The molecular weight excluding hydrogens is 767 g/mol. The van der Waals surface area contributed by atoms with E-state index in [1.807, 2.05) is 18.2 Å². The summed E-state index contributed by atoms with van der Waals surface area (Å²) < 4.78 is 28.2. The Hall–Kier alpha value is -3.17. The molecule has 0 spiro atoms. The summed E-state index contributed by atoms with van der Waals surface area (Å²) >= 11 is 0. The number of carbonyl (C=O) groups excluding carboxylic acids is 3.